The number of benzene rings is 1. The lowest BCUT2D eigenvalue weighted by atomic mass is 9.86. The van der Waals surface area contributed by atoms with Gasteiger partial charge in [0.2, 0.25) is 0 Å². The van der Waals surface area contributed by atoms with Gasteiger partial charge in [-0.05, 0) is 31.5 Å². The van der Waals surface area contributed by atoms with Gasteiger partial charge in [-0.25, -0.2) is 0 Å². The van der Waals surface area contributed by atoms with E-state index in [0.717, 1.165) is 31.7 Å². The lowest BCUT2D eigenvalue weighted by Crippen LogP contribution is -2.32. The summed E-state index contributed by atoms with van der Waals surface area (Å²) >= 11 is 1.86. The van der Waals surface area contributed by atoms with Crippen molar-refractivity contribution in [1.82, 2.24) is 5.32 Å². The number of nitrogens with two attached hydrogens (primary N) is 1. The van der Waals surface area contributed by atoms with Gasteiger partial charge >= 0.3 is 0 Å². The molecule has 0 aliphatic heterocycles. The summed E-state index contributed by atoms with van der Waals surface area (Å²) in [6, 6.07) is 10.4. The second-order valence-corrected chi connectivity index (χ2v) is 6.55. The average molecular weight is 295 g/mol. The second kappa shape index (κ2) is 8.87. The summed E-state index contributed by atoms with van der Waals surface area (Å²) in [4.78, 5) is 1.31. The van der Waals surface area contributed by atoms with Gasteiger partial charge in [0.05, 0.1) is 0 Å². The fourth-order valence-corrected chi connectivity index (χ4v) is 2.63. The molecule has 0 heterocycles. The van der Waals surface area contributed by atoms with E-state index in [1.807, 2.05) is 31.7 Å². The molecule has 0 atom stereocenters. The molecule has 5 heteroatoms. The maximum Gasteiger partial charge on any atom is 0.144 e. The summed E-state index contributed by atoms with van der Waals surface area (Å²) in [5, 5.41) is 15.2. The molecule has 20 heavy (non-hydrogen) atoms. The predicted octanol–water partition coefficient (Wildman–Crippen LogP) is 2.92. The van der Waals surface area contributed by atoms with Crippen molar-refractivity contribution in [2.45, 2.75) is 31.6 Å². The fraction of sp³-hybridized carbons (Fsp3) is 0.533. The molecule has 4 nitrogen and oxygen atoms in total. The van der Waals surface area contributed by atoms with E-state index in [9.17, 15) is 0 Å². The molecule has 112 valence electrons. The summed E-state index contributed by atoms with van der Waals surface area (Å²) in [6.07, 6.45) is 1.92. The monoisotopic (exact) mass is 295 g/mol. The second-order valence-electron chi connectivity index (χ2n) is 5.38. The normalized spacial score (nSPS) is 12.6. The molecule has 0 saturated heterocycles. The van der Waals surface area contributed by atoms with E-state index in [1.54, 1.807) is 0 Å². The zero-order valence-electron chi connectivity index (χ0n) is 12.3. The first-order valence-corrected chi connectivity index (χ1v) is 7.91. The first-order valence-electron chi connectivity index (χ1n) is 6.93. The molecule has 1 aromatic rings. The van der Waals surface area contributed by atoms with E-state index in [2.05, 4.69) is 34.7 Å². The molecular weight excluding hydrogens is 270 g/mol. The van der Waals surface area contributed by atoms with Crippen LogP contribution < -0.4 is 11.1 Å². The van der Waals surface area contributed by atoms with Crippen molar-refractivity contribution in [3.8, 4) is 0 Å². The van der Waals surface area contributed by atoms with E-state index in [0.29, 0.717) is 5.84 Å². The first-order chi connectivity index (χ1) is 9.56. The van der Waals surface area contributed by atoms with Crippen LogP contribution in [0.15, 0.2) is 40.4 Å². The largest absolute Gasteiger partial charge is 0.409 e. The molecule has 4 N–H and O–H groups in total. The zero-order chi connectivity index (χ0) is 14.8. The van der Waals surface area contributed by atoms with Gasteiger partial charge in [0, 0.05) is 22.6 Å². The van der Waals surface area contributed by atoms with Crippen LogP contribution >= 0.6 is 11.8 Å². The quantitative estimate of drug-likeness (QED) is 0.164. The Morgan fingerprint density at radius 3 is 2.65 bits per heavy atom. The van der Waals surface area contributed by atoms with Crippen molar-refractivity contribution >= 4 is 17.6 Å². The molecule has 0 amide bonds. The summed E-state index contributed by atoms with van der Waals surface area (Å²) in [7, 11) is 0. The molecule has 1 rings (SSSR count). The minimum Gasteiger partial charge on any atom is -0.409 e. The Hall–Kier alpha value is -1.20. The third-order valence-corrected chi connectivity index (χ3v) is 4.26. The first kappa shape index (κ1) is 16.9. The van der Waals surface area contributed by atoms with Crippen LogP contribution in [0.1, 0.15) is 26.7 Å². The van der Waals surface area contributed by atoms with Crippen LogP contribution in [-0.4, -0.2) is 29.9 Å². The molecule has 1 aromatic carbocycles. The van der Waals surface area contributed by atoms with E-state index in [1.165, 1.54) is 4.90 Å². The van der Waals surface area contributed by atoms with E-state index < -0.39 is 0 Å². The van der Waals surface area contributed by atoms with Crippen LogP contribution in [0.2, 0.25) is 0 Å². The molecule has 0 saturated carbocycles. The summed E-state index contributed by atoms with van der Waals surface area (Å²) in [5.41, 5.74) is 5.41. The van der Waals surface area contributed by atoms with E-state index >= 15 is 0 Å². The van der Waals surface area contributed by atoms with Gasteiger partial charge in [-0.1, -0.05) is 37.2 Å². The zero-order valence-corrected chi connectivity index (χ0v) is 13.1. The Bertz CT molecular complexity index is 407. The van der Waals surface area contributed by atoms with Gasteiger partial charge in [0.1, 0.15) is 5.84 Å². The smallest absolute Gasteiger partial charge is 0.144 e. The lowest BCUT2D eigenvalue weighted by Gasteiger charge is -2.22. The van der Waals surface area contributed by atoms with Crippen LogP contribution in [0, 0.1) is 5.41 Å². The highest BCUT2D eigenvalue weighted by molar-refractivity contribution is 7.99. The molecule has 0 spiro atoms. The number of thioether (sulfide) groups is 1. The molecule has 0 aliphatic carbocycles. The van der Waals surface area contributed by atoms with E-state index in [4.69, 9.17) is 10.9 Å². The van der Waals surface area contributed by atoms with Crippen molar-refractivity contribution in [1.29, 1.82) is 0 Å². The van der Waals surface area contributed by atoms with Gasteiger partial charge in [-0.2, -0.15) is 0 Å². The van der Waals surface area contributed by atoms with Gasteiger partial charge in [0.25, 0.3) is 0 Å². The Balaban J connectivity index is 2.06. The Kier molecular flexibility index (Phi) is 7.47. The molecule has 0 radical (unpaired) electrons. The molecular formula is C15H25N3OS. The van der Waals surface area contributed by atoms with Crippen LogP contribution in [0.4, 0.5) is 0 Å². The third-order valence-electron chi connectivity index (χ3n) is 3.25. The molecule has 0 fully saturated rings. The topological polar surface area (TPSA) is 70.6 Å². The number of nitrogens with zero attached hydrogens (tertiary/aromatic N) is 1. The number of rotatable bonds is 9. The Morgan fingerprint density at radius 2 is 2.00 bits per heavy atom. The SMILES string of the molecule is CC(C)(CCCNCCSc1ccccc1)C(N)=NO. The molecule has 0 unspecified atom stereocenters. The highest BCUT2D eigenvalue weighted by atomic mass is 32.2. The van der Waals surface area contributed by atoms with Gasteiger partial charge in [-0.15, -0.1) is 11.8 Å². The summed E-state index contributed by atoms with van der Waals surface area (Å²) < 4.78 is 0. The van der Waals surface area contributed by atoms with Crippen LogP contribution in [0.5, 0.6) is 0 Å². The Labute approximate surface area is 125 Å². The minimum atomic E-state index is -0.241. The van der Waals surface area contributed by atoms with Crippen molar-refractivity contribution in [2.75, 3.05) is 18.8 Å². The van der Waals surface area contributed by atoms with Crippen molar-refractivity contribution in [3.63, 3.8) is 0 Å². The Morgan fingerprint density at radius 1 is 1.30 bits per heavy atom. The predicted molar refractivity (Wildman–Crippen MR) is 86.5 cm³/mol. The van der Waals surface area contributed by atoms with Gasteiger partial charge in [-0.3, -0.25) is 0 Å². The van der Waals surface area contributed by atoms with Crippen LogP contribution in [0.25, 0.3) is 0 Å². The summed E-state index contributed by atoms with van der Waals surface area (Å²) in [6.45, 7) is 5.93. The lowest BCUT2D eigenvalue weighted by molar-refractivity contribution is 0.304. The number of hydrogen-bond donors (Lipinski definition) is 3. The van der Waals surface area contributed by atoms with Gasteiger partial charge < -0.3 is 16.3 Å². The maximum atomic E-state index is 8.70. The van der Waals surface area contributed by atoms with Crippen molar-refractivity contribution in [2.24, 2.45) is 16.3 Å². The van der Waals surface area contributed by atoms with E-state index in [-0.39, 0.29) is 5.41 Å². The number of amidine groups is 1. The highest BCUT2D eigenvalue weighted by Crippen LogP contribution is 2.22. The molecule has 0 aliphatic rings. The highest BCUT2D eigenvalue weighted by Gasteiger charge is 2.22. The van der Waals surface area contributed by atoms with Crippen LogP contribution in [-0.2, 0) is 0 Å². The third kappa shape index (κ3) is 6.30. The number of nitrogens with one attached hydrogen (secondary N) is 1. The molecule has 0 aromatic heterocycles. The average Bonchev–Trinajstić information content (AvgIpc) is 2.46. The minimum absolute atomic E-state index is 0.241. The summed E-state index contributed by atoms with van der Waals surface area (Å²) in [5.74, 6) is 1.37. The number of oxime groups is 1. The fourth-order valence-electron chi connectivity index (χ4n) is 1.80. The van der Waals surface area contributed by atoms with Crippen molar-refractivity contribution < 1.29 is 5.21 Å². The number of hydrogen-bond acceptors (Lipinski definition) is 4. The molecule has 0 bridgehead atoms. The van der Waals surface area contributed by atoms with Gasteiger partial charge in [0.15, 0.2) is 0 Å². The maximum absolute atomic E-state index is 8.70. The van der Waals surface area contributed by atoms with Crippen molar-refractivity contribution in [3.05, 3.63) is 30.3 Å². The van der Waals surface area contributed by atoms with Crippen LogP contribution in [0.3, 0.4) is 0 Å². The standard InChI is InChI=1S/C15H25N3OS/c1-15(2,14(16)18-19)9-6-10-17-11-12-20-13-7-4-3-5-8-13/h3-5,7-8,17,19H,6,9-12H2,1-2H3,(H2,16,18).